The number of hydrogen-bond acceptors (Lipinski definition) is 3. The van der Waals surface area contributed by atoms with E-state index >= 15 is 0 Å². The van der Waals surface area contributed by atoms with Gasteiger partial charge in [-0.3, -0.25) is 9.59 Å². The lowest BCUT2D eigenvalue weighted by molar-refractivity contribution is -0.00620. The summed E-state index contributed by atoms with van der Waals surface area (Å²) in [5, 5.41) is 0.554. The number of rotatable bonds is 1. The fraction of sp³-hybridized carbons (Fsp3) is 0.364. The number of likely N-dealkylation sites (tertiary alicyclic amines) is 1. The van der Waals surface area contributed by atoms with E-state index in [-0.39, 0.29) is 11.7 Å². The molecule has 0 unspecified atom stereocenters. The van der Waals surface area contributed by atoms with Gasteiger partial charge >= 0.3 is 0 Å². The number of hydrogen-bond donors (Lipinski definition) is 0. The maximum atomic E-state index is 12.7. The van der Waals surface area contributed by atoms with Gasteiger partial charge in [0.2, 0.25) is 0 Å². The topological polar surface area (TPSA) is 46.6 Å². The molecule has 2 heterocycles. The minimum Gasteiger partial charge on any atom is -0.486 e. The lowest BCUT2D eigenvalue weighted by Gasteiger charge is -2.44. The number of halogens is 1. The molecule has 2 aliphatic rings. The molecule has 27 heavy (non-hydrogen) atoms. The summed E-state index contributed by atoms with van der Waals surface area (Å²) in [6, 6.07) is 10.8. The van der Waals surface area contributed by atoms with Crippen LogP contribution in [0.4, 0.5) is 0 Å². The zero-order chi connectivity index (χ0) is 19.2. The van der Waals surface area contributed by atoms with E-state index in [2.05, 4.69) is 0 Å². The Hall–Kier alpha value is -2.33. The van der Waals surface area contributed by atoms with E-state index in [1.54, 1.807) is 24.3 Å². The summed E-state index contributed by atoms with van der Waals surface area (Å²) in [5.74, 6) is 0.830. The molecule has 5 heteroatoms. The van der Waals surface area contributed by atoms with Gasteiger partial charge in [-0.05, 0) is 49.2 Å². The van der Waals surface area contributed by atoms with Gasteiger partial charge in [-0.2, -0.15) is 0 Å². The largest absolute Gasteiger partial charge is 0.486 e. The van der Waals surface area contributed by atoms with Crippen molar-refractivity contribution in [2.75, 3.05) is 13.1 Å². The van der Waals surface area contributed by atoms with Crippen molar-refractivity contribution < 1.29 is 14.3 Å². The van der Waals surface area contributed by atoms with Crippen molar-refractivity contribution >= 4 is 23.3 Å². The normalized spacial score (nSPS) is 18.2. The minimum absolute atomic E-state index is 0.0260. The van der Waals surface area contributed by atoms with Crippen molar-refractivity contribution in [1.29, 1.82) is 0 Å². The van der Waals surface area contributed by atoms with Crippen molar-refractivity contribution in [2.24, 2.45) is 0 Å². The molecule has 0 atom stereocenters. The molecular formula is C22H22ClNO3. The van der Waals surface area contributed by atoms with E-state index in [0.29, 0.717) is 48.5 Å². The first-order valence-corrected chi connectivity index (χ1v) is 9.64. The second-order valence-corrected chi connectivity index (χ2v) is 8.01. The molecule has 0 bridgehead atoms. The average molecular weight is 384 g/mol. The molecule has 1 spiro atoms. The summed E-state index contributed by atoms with van der Waals surface area (Å²) in [6.45, 7) is 5.16. The van der Waals surface area contributed by atoms with Crippen LogP contribution in [0, 0.1) is 13.8 Å². The second kappa shape index (κ2) is 6.68. The zero-order valence-electron chi connectivity index (χ0n) is 15.5. The highest BCUT2D eigenvalue weighted by atomic mass is 35.5. The molecule has 0 saturated carbocycles. The van der Waals surface area contributed by atoms with E-state index in [1.165, 1.54) is 0 Å². The molecule has 4 rings (SSSR count). The Labute approximate surface area is 164 Å². The molecule has 1 amide bonds. The minimum atomic E-state index is -0.506. The van der Waals surface area contributed by atoms with Gasteiger partial charge < -0.3 is 9.64 Å². The van der Waals surface area contributed by atoms with Crippen LogP contribution in [0.1, 0.15) is 51.1 Å². The quantitative estimate of drug-likeness (QED) is 0.723. The van der Waals surface area contributed by atoms with E-state index < -0.39 is 5.60 Å². The van der Waals surface area contributed by atoms with Gasteiger partial charge in [0.15, 0.2) is 5.78 Å². The summed E-state index contributed by atoms with van der Waals surface area (Å²) in [5.41, 5.74) is 2.91. The van der Waals surface area contributed by atoms with E-state index in [9.17, 15) is 9.59 Å². The van der Waals surface area contributed by atoms with Crippen molar-refractivity contribution in [3.05, 3.63) is 63.7 Å². The Bertz CT molecular complexity index is 929. The first-order valence-electron chi connectivity index (χ1n) is 9.26. The average Bonchev–Trinajstić information content (AvgIpc) is 2.65. The fourth-order valence-electron chi connectivity index (χ4n) is 3.98. The number of Topliss-reactive ketones (excluding diaryl/α,β-unsaturated/α-hetero) is 1. The van der Waals surface area contributed by atoms with Crippen molar-refractivity contribution in [3.8, 4) is 5.75 Å². The number of benzene rings is 2. The van der Waals surface area contributed by atoms with Crippen LogP contribution in [0.15, 0.2) is 36.4 Å². The molecule has 0 radical (unpaired) electrons. The molecule has 2 aliphatic heterocycles. The molecule has 0 N–H and O–H groups in total. The maximum Gasteiger partial charge on any atom is 0.253 e. The molecule has 1 fully saturated rings. The highest BCUT2D eigenvalue weighted by Gasteiger charge is 2.44. The molecule has 1 saturated heterocycles. The molecule has 2 aromatic rings. The molecular weight excluding hydrogens is 362 g/mol. The Morgan fingerprint density at radius 3 is 2.59 bits per heavy atom. The zero-order valence-corrected chi connectivity index (χ0v) is 16.3. The summed E-state index contributed by atoms with van der Waals surface area (Å²) in [6.07, 6.45) is 1.68. The smallest absolute Gasteiger partial charge is 0.253 e. The monoisotopic (exact) mass is 383 g/mol. The number of piperidine rings is 1. The summed E-state index contributed by atoms with van der Waals surface area (Å²) in [7, 11) is 0. The van der Waals surface area contributed by atoms with Crippen LogP contribution in [0.5, 0.6) is 5.75 Å². The van der Waals surface area contributed by atoms with Crippen LogP contribution in [-0.4, -0.2) is 35.3 Å². The van der Waals surface area contributed by atoms with Gasteiger partial charge in [-0.25, -0.2) is 0 Å². The number of aryl methyl sites for hydroxylation is 1. The first kappa shape index (κ1) is 18.1. The Morgan fingerprint density at radius 2 is 1.89 bits per heavy atom. The Morgan fingerprint density at radius 1 is 1.15 bits per heavy atom. The van der Waals surface area contributed by atoms with Crippen molar-refractivity contribution in [1.82, 2.24) is 4.90 Å². The predicted molar refractivity (Wildman–Crippen MR) is 105 cm³/mol. The standard InChI is InChI=1S/C22H22ClNO3/c1-14-6-7-18-19(25)13-22(27-20(18)15(14)2)8-10-24(11-9-22)21(26)16-4-3-5-17(23)12-16/h3-7,12H,8-11,13H2,1-2H3. The second-order valence-electron chi connectivity index (χ2n) is 7.57. The maximum absolute atomic E-state index is 12.7. The molecule has 140 valence electrons. The highest BCUT2D eigenvalue weighted by Crippen LogP contribution is 2.41. The van der Waals surface area contributed by atoms with Crippen LogP contribution in [0.25, 0.3) is 0 Å². The van der Waals surface area contributed by atoms with Crippen LogP contribution in [0.3, 0.4) is 0 Å². The summed E-state index contributed by atoms with van der Waals surface area (Å²) >= 11 is 6.01. The van der Waals surface area contributed by atoms with Gasteiger partial charge in [0.1, 0.15) is 11.4 Å². The first-order chi connectivity index (χ1) is 12.9. The number of fused-ring (bicyclic) bond motifs is 1. The highest BCUT2D eigenvalue weighted by molar-refractivity contribution is 6.30. The number of carbonyl (C=O) groups is 2. The molecule has 0 aliphatic carbocycles. The van der Waals surface area contributed by atoms with Gasteiger partial charge in [-0.1, -0.05) is 23.7 Å². The lowest BCUT2D eigenvalue weighted by atomic mass is 9.81. The number of ether oxygens (including phenoxy) is 1. The number of amides is 1. The Balaban J connectivity index is 1.53. The SMILES string of the molecule is Cc1ccc2c(c1C)OC1(CCN(C(=O)c3cccc(Cl)c3)CC1)CC2=O. The van der Waals surface area contributed by atoms with Crippen LogP contribution in [0.2, 0.25) is 5.02 Å². The van der Waals surface area contributed by atoms with Crippen molar-refractivity contribution in [2.45, 2.75) is 38.7 Å². The van der Waals surface area contributed by atoms with E-state index in [4.69, 9.17) is 16.3 Å². The number of nitrogens with zero attached hydrogens (tertiary/aromatic N) is 1. The van der Waals surface area contributed by atoms with Gasteiger partial charge in [0.25, 0.3) is 5.91 Å². The molecule has 4 nitrogen and oxygen atoms in total. The van der Waals surface area contributed by atoms with Crippen molar-refractivity contribution in [3.63, 3.8) is 0 Å². The number of carbonyl (C=O) groups excluding carboxylic acids is 2. The van der Waals surface area contributed by atoms with Crippen LogP contribution < -0.4 is 4.74 Å². The third kappa shape index (κ3) is 3.23. The van der Waals surface area contributed by atoms with Gasteiger partial charge in [0, 0.05) is 36.5 Å². The molecule has 0 aromatic heterocycles. The fourth-order valence-corrected chi connectivity index (χ4v) is 4.17. The summed E-state index contributed by atoms with van der Waals surface area (Å²) < 4.78 is 6.42. The van der Waals surface area contributed by atoms with Crippen LogP contribution >= 0.6 is 11.6 Å². The third-order valence-corrected chi connectivity index (χ3v) is 6.05. The van der Waals surface area contributed by atoms with Gasteiger partial charge in [0.05, 0.1) is 12.0 Å². The van der Waals surface area contributed by atoms with Crippen LogP contribution in [-0.2, 0) is 0 Å². The summed E-state index contributed by atoms with van der Waals surface area (Å²) in [4.78, 5) is 27.3. The van der Waals surface area contributed by atoms with E-state index in [0.717, 1.165) is 16.9 Å². The Kier molecular flexibility index (Phi) is 4.47. The third-order valence-electron chi connectivity index (χ3n) is 5.81. The lowest BCUT2D eigenvalue weighted by Crippen LogP contribution is -2.52. The van der Waals surface area contributed by atoms with Gasteiger partial charge in [-0.15, -0.1) is 0 Å². The number of ketones is 1. The van der Waals surface area contributed by atoms with E-state index in [1.807, 2.05) is 30.9 Å². The predicted octanol–water partition coefficient (Wildman–Crippen LogP) is 4.60. The molecule has 2 aromatic carbocycles.